The van der Waals surface area contributed by atoms with Crippen LogP contribution in [0.5, 0.6) is 0 Å². The van der Waals surface area contributed by atoms with Crippen LogP contribution in [0, 0.1) is 23.7 Å². The Kier molecular flexibility index (Phi) is 11.3. The minimum atomic E-state index is -0.911. The molecule has 49 heavy (non-hydrogen) atoms. The fourth-order valence-electron chi connectivity index (χ4n) is 8.01. The molecule has 3 aliphatic rings. The van der Waals surface area contributed by atoms with Crippen molar-refractivity contribution in [3.8, 4) is 11.4 Å². The van der Waals surface area contributed by atoms with E-state index < -0.39 is 17.9 Å². The number of aliphatic carboxylic acids is 1. The zero-order chi connectivity index (χ0) is 34.3. The van der Waals surface area contributed by atoms with Crippen molar-refractivity contribution in [3.63, 3.8) is 0 Å². The van der Waals surface area contributed by atoms with Crippen LogP contribution in [0.15, 0.2) is 60.9 Å². The molecule has 2 N–H and O–H groups in total. The van der Waals surface area contributed by atoms with E-state index in [0.717, 1.165) is 59.6 Å². The number of hydrogen-bond donors (Lipinski definition) is 2. The number of anilines is 1. The van der Waals surface area contributed by atoms with Crippen molar-refractivity contribution in [2.45, 2.75) is 84.1 Å². The number of carbonyl (C=O) groups excluding carboxylic acids is 2. The first kappa shape index (κ1) is 34.6. The Labute approximate surface area is 290 Å². The third-order valence-corrected chi connectivity index (χ3v) is 11.2. The third-order valence-electron chi connectivity index (χ3n) is 11.2. The van der Waals surface area contributed by atoms with E-state index in [1.807, 2.05) is 48.8 Å². The highest BCUT2D eigenvalue weighted by atomic mass is 16.4. The van der Waals surface area contributed by atoms with Crippen molar-refractivity contribution in [2.24, 2.45) is 23.7 Å². The Bertz CT molecular complexity index is 1550. The number of amides is 2. The third kappa shape index (κ3) is 8.49. The highest BCUT2D eigenvalue weighted by molar-refractivity contribution is 5.98. The van der Waals surface area contributed by atoms with Crippen LogP contribution in [-0.4, -0.2) is 70.0 Å². The molecule has 6 rings (SSSR count). The average Bonchev–Trinajstić information content (AvgIpc) is 3.11. The van der Waals surface area contributed by atoms with Gasteiger partial charge in [-0.25, -0.2) is 9.97 Å². The number of nitrogens with zero attached hydrogens (tertiary/aromatic N) is 4. The molecule has 1 aromatic heterocycles. The molecule has 2 saturated heterocycles. The molecule has 0 radical (unpaired) electrons. The predicted octanol–water partition coefficient (Wildman–Crippen LogP) is 6.41. The number of benzene rings is 2. The second-order valence-electron chi connectivity index (χ2n) is 14.4. The Morgan fingerprint density at radius 2 is 1.45 bits per heavy atom. The quantitative estimate of drug-likeness (QED) is 0.230. The topological polar surface area (TPSA) is 116 Å². The van der Waals surface area contributed by atoms with Gasteiger partial charge in [0.1, 0.15) is 6.04 Å². The largest absolute Gasteiger partial charge is 0.481 e. The van der Waals surface area contributed by atoms with E-state index in [0.29, 0.717) is 11.4 Å². The molecule has 9 nitrogen and oxygen atoms in total. The summed E-state index contributed by atoms with van der Waals surface area (Å²) in [7, 11) is 0. The number of carboxylic acids is 1. The molecule has 9 heteroatoms. The van der Waals surface area contributed by atoms with E-state index >= 15 is 0 Å². The number of nitrogens with one attached hydrogen (secondary N) is 1. The van der Waals surface area contributed by atoms with Crippen molar-refractivity contribution < 1.29 is 19.5 Å². The molecule has 0 bridgehead atoms. The van der Waals surface area contributed by atoms with Gasteiger partial charge in [-0.1, -0.05) is 75.9 Å². The Balaban J connectivity index is 1.05. The molecule has 1 aliphatic carbocycles. The zero-order valence-corrected chi connectivity index (χ0v) is 29.0. The minimum Gasteiger partial charge on any atom is -0.481 e. The number of carbonyl (C=O) groups is 3. The fourth-order valence-corrected chi connectivity index (χ4v) is 8.01. The lowest BCUT2D eigenvalue weighted by Crippen LogP contribution is -2.59. The first-order valence-electron chi connectivity index (χ1n) is 18.4. The summed E-state index contributed by atoms with van der Waals surface area (Å²) in [5, 5.41) is 12.2. The standard InChI is InChI=1S/C40H51N5O4/c1-3-5-28-8-12-30(13-9-28)31-18-20-44(21-19-31)35-23-41-37(42-24-35)32-14-10-29(11-15-32)22-36(39(47)45-25-34(26-45)40(48)49)43-38(46)33-16-6-27(4-2)7-17-33/h6-7,10-11,14-17,23-24,28,30-31,34,36H,3-5,8-9,12-13,18-22,25-26H2,1-2H3,(H,43,46)(H,48,49)/t28-,30-,36-/m0/s1. The maximum absolute atomic E-state index is 13.4. The molecule has 3 heterocycles. The molecule has 2 amide bonds. The molecular formula is C40H51N5O4. The van der Waals surface area contributed by atoms with Crippen molar-refractivity contribution >= 4 is 23.5 Å². The maximum atomic E-state index is 13.4. The van der Waals surface area contributed by atoms with Gasteiger partial charge in [0, 0.05) is 43.7 Å². The van der Waals surface area contributed by atoms with E-state index in [1.165, 1.54) is 56.3 Å². The van der Waals surface area contributed by atoms with Crippen LogP contribution in [-0.2, 0) is 22.4 Å². The molecular weight excluding hydrogens is 614 g/mol. The first-order chi connectivity index (χ1) is 23.8. The van der Waals surface area contributed by atoms with Gasteiger partial charge < -0.3 is 20.2 Å². The van der Waals surface area contributed by atoms with Gasteiger partial charge in [-0.2, -0.15) is 0 Å². The number of carboxylic acid groups (broad SMARTS) is 1. The molecule has 0 spiro atoms. The lowest BCUT2D eigenvalue weighted by molar-refractivity contribution is -0.153. The Hall–Kier alpha value is -4.27. The van der Waals surface area contributed by atoms with Crippen LogP contribution in [0.2, 0.25) is 0 Å². The highest BCUT2D eigenvalue weighted by Gasteiger charge is 2.39. The monoisotopic (exact) mass is 665 g/mol. The summed E-state index contributed by atoms with van der Waals surface area (Å²) >= 11 is 0. The number of aromatic nitrogens is 2. The van der Waals surface area contributed by atoms with E-state index in [-0.39, 0.29) is 31.3 Å². The number of aryl methyl sites for hydroxylation is 1. The lowest BCUT2D eigenvalue weighted by atomic mass is 9.72. The molecule has 0 unspecified atom stereocenters. The second-order valence-corrected chi connectivity index (χ2v) is 14.4. The average molecular weight is 666 g/mol. The van der Waals surface area contributed by atoms with Crippen LogP contribution >= 0.6 is 0 Å². The lowest BCUT2D eigenvalue weighted by Gasteiger charge is -2.39. The van der Waals surface area contributed by atoms with Gasteiger partial charge >= 0.3 is 5.97 Å². The number of likely N-dealkylation sites (tertiary alicyclic amines) is 1. The van der Waals surface area contributed by atoms with Crippen molar-refractivity contribution in [1.29, 1.82) is 0 Å². The molecule has 3 fully saturated rings. The molecule has 3 aromatic rings. The summed E-state index contributed by atoms with van der Waals surface area (Å²) < 4.78 is 0. The normalized spacial score (nSPS) is 20.8. The van der Waals surface area contributed by atoms with E-state index in [1.54, 1.807) is 12.1 Å². The Morgan fingerprint density at radius 3 is 2.04 bits per heavy atom. The van der Waals surface area contributed by atoms with Gasteiger partial charge in [-0.05, 0) is 73.1 Å². The summed E-state index contributed by atoms with van der Waals surface area (Å²) in [6.45, 7) is 6.78. The smallest absolute Gasteiger partial charge is 0.310 e. The summed E-state index contributed by atoms with van der Waals surface area (Å²) in [6, 6.07) is 14.3. The highest BCUT2D eigenvalue weighted by Crippen LogP contribution is 2.39. The van der Waals surface area contributed by atoms with Gasteiger partial charge in [-0.15, -0.1) is 0 Å². The van der Waals surface area contributed by atoms with Crippen molar-refractivity contribution in [2.75, 3.05) is 31.1 Å². The molecule has 1 atom stereocenters. The van der Waals surface area contributed by atoms with Crippen LogP contribution in [0.4, 0.5) is 5.69 Å². The minimum absolute atomic E-state index is 0.149. The predicted molar refractivity (Wildman–Crippen MR) is 191 cm³/mol. The van der Waals surface area contributed by atoms with Gasteiger partial charge in [0.25, 0.3) is 5.91 Å². The molecule has 2 aliphatic heterocycles. The summed E-state index contributed by atoms with van der Waals surface area (Å²) in [5.41, 5.74) is 4.42. The summed E-state index contributed by atoms with van der Waals surface area (Å²) in [6.07, 6.45) is 15.9. The van der Waals surface area contributed by atoms with E-state index in [2.05, 4.69) is 24.1 Å². The molecule has 1 saturated carbocycles. The van der Waals surface area contributed by atoms with Gasteiger partial charge in [0.15, 0.2) is 5.82 Å². The SMILES string of the molecule is CCC[C@H]1CC[C@H](C2CCN(c3cnc(-c4ccc(C[C@H](NC(=O)c5ccc(CC)cc5)C(=O)N5CC(C(=O)O)C5)cc4)nc3)CC2)CC1. The van der Waals surface area contributed by atoms with Crippen LogP contribution < -0.4 is 10.2 Å². The maximum Gasteiger partial charge on any atom is 0.310 e. The van der Waals surface area contributed by atoms with Crippen LogP contribution in [0.3, 0.4) is 0 Å². The fraction of sp³-hybridized carbons (Fsp3) is 0.525. The van der Waals surface area contributed by atoms with Crippen LogP contribution in [0.25, 0.3) is 11.4 Å². The number of hydrogen-bond acceptors (Lipinski definition) is 6. The van der Waals surface area contributed by atoms with E-state index in [4.69, 9.17) is 9.97 Å². The second kappa shape index (κ2) is 16.0. The molecule has 2 aromatic carbocycles. The Morgan fingerprint density at radius 1 is 0.837 bits per heavy atom. The van der Waals surface area contributed by atoms with Gasteiger partial charge in [0.05, 0.1) is 24.0 Å². The van der Waals surface area contributed by atoms with Crippen molar-refractivity contribution in [1.82, 2.24) is 20.2 Å². The first-order valence-corrected chi connectivity index (χ1v) is 18.4. The number of piperidine rings is 1. The van der Waals surface area contributed by atoms with Gasteiger partial charge in [0.2, 0.25) is 5.91 Å². The zero-order valence-electron chi connectivity index (χ0n) is 29.0. The van der Waals surface area contributed by atoms with Crippen molar-refractivity contribution in [3.05, 3.63) is 77.6 Å². The summed E-state index contributed by atoms with van der Waals surface area (Å²) in [5.74, 6) is 1.26. The van der Waals surface area contributed by atoms with Gasteiger partial charge in [-0.3, -0.25) is 14.4 Å². The van der Waals surface area contributed by atoms with Crippen LogP contribution in [0.1, 0.15) is 86.7 Å². The molecule has 260 valence electrons. The van der Waals surface area contributed by atoms with E-state index in [9.17, 15) is 19.5 Å². The number of rotatable bonds is 12. The summed E-state index contributed by atoms with van der Waals surface area (Å²) in [4.78, 5) is 51.3.